The molecule has 0 saturated carbocycles. The molecule has 18 heavy (non-hydrogen) atoms. The molecular formula is C13H16BrF2NO. The monoisotopic (exact) mass is 319 g/mol. The molecule has 1 fully saturated rings. The van der Waals surface area contributed by atoms with Gasteiger partial charge >= 0.3 is 0 Å². The summed E-state index contributed by atoms with van der Waals surface area (Å²) in [6.07, 6.45) is 2.49. The number of hydrogen-bond donors (Lipinski definition) is 1. The summed E-state index contributed by atoms with van der Waals surface area (Å²) < 4.78 is 33.0. The number of ether oxygens (including phenoxy) is 1. The Morgan fingerprint density at radius 1 is 1.39 bits per heavy atom. The Morgan fingerprint density at radius 2 is 2.06 bits per heavy atom. The molecule has 1 aromatic carbocycles. The van der Waals surface area contributed by atoms with E-state index in [0.717, 1.165) is 32.0 Å². The van der Waals surface area contributed by atoms with Crippen molar-refractivity contribution in [1.29, 1.82) is 0 Å². The van der Waals surface area contributed by atoms with Crippen molar-refractivity contribution >= 4 is 15.9 Å². The van der Waals surface area contributed by atoms with Crippen molar-refractivity contribution in [1.82, 2.24) is 5.32 Å². The summed E-state index contributed by atoms with van der Waals surface area (Å²) in [6.45, 7) is 1.87. The van der Waals surface area contributed by atoms with Crippen molar-refractivity contribution in [2.75, 3.05) is 20.2 Å². The Hall–Kier alpha value is -0.680. The molecular weight excluding hydrogens is 304 g/mol. The van der Waals surface area contributed by atoms with Crippen LogP contribution < -0.4 is 10.1 Å². The normalized spacial score (nSPS) is 16.9. The fourth-order valence-corrected chi connectivity index (χ4v) is 3.01. The van der Waals surface area contributed by atoms with E-state index in [2.05, 4.69) is 21.2 Å². The zero-order valence-corrected chi connectivity index (χ0v) is 11.8. The Labute approximate surface area is 114 Å². The van der Waals surface area contributed by atoms with Gasteiger partial charge in [0.1, 0.15) is 5.75 Å². The van der Waals surface area contributed by atoms with E-state index in [1.807, 2.05) is 0 Å². The third-order valence-corrected chi connectivity index (χ3v) is 3.96. The van der Waals surface area contributed by atoms with Gasteiger partial charge in [0.2, 0.25) is 0 Å². The molecule has 1 aliphatic heterocycles. The quantitative estimate of drug-likeness (QED) is 0.863. The summed E-state index contributed by atoms with van der Waals surface area (Å²) in [7, 11) is 1.48. The molecule has 100 valence electrons. The molecule has 2 nitrogen and oxygen atoms in total. The molecule has 0 aromatic heterocycles. The van der Waals surface area contributed by atoms with E-state index in [-0.39, 0.29) is 0 Å². The number of rotatable bonds is 3. The average Bonchev–Trinajstić information content (AvgIpc) is 2.37. The predicted octanol–water partition coefficient (Wildman–Crippen LogP) is 3.28. The second-order valence-corrected chi connectivity index (χ2v) is 5.42. The van der Waals surface area contributed by atoms with Crippen LogP contribution in [0.5, 0.6) is 5.75 Å². The Kier molecular flexibility index (Phi) is 4.56. The minimum absolute atomic E-state index is 0.344. The Balaban J connectivity index is 2.29. The lowest BCUT2D eigenvalue weighted by Crippen LogP contribution is -2.29. The Morgan fingerprint density at radius 3 is 2.67 bits per heavy atom. The van der Waals surface area contributed by atoms with E-state index >= 15 is 0 Å². The number of methoxy groups -OCH3 is 1. The smallest absolute Gasteiger partial charge is 0.165 e. The van der Waals surface area contributed by atoms with Crippen molar-refractivity contribution in [3.8, 4) is 5.75 Å². The summed E-state index contributed by atoms with van der Waals surface area (Å²) in [4.78, 5) is 0. The maximum atomic E-state index is 13.9. The summed E-state index contributed by atoms with van der Waals surface area (Å²) in [5.41, 5.74) is 0.344. The molecule has 0 unspecified atom stereocenters. The SMILES string of the molecule is COc1c(Br)cc(F)c(F)c1CC1CCNCC1. The number of piperidine rings is 1. The Bertz CT molecular complexity index is 433. The predicted molar refractivity (Wildman–Crippen MR) is 69.9 cm³/mol. The first-order chi connectivity index (χ1) is 8.63. The summed E-state index contributed by atoms with van der Waals surface area (Å²) in [5.74, 6) is -0.823. The van der Waals surface area contributed by atoms with Gasteiger partial charge in [0.05, 0.1) is 11.6 Å². The van der Waals surface area contributed by atoms with Gasteiger partial charge in [-0.1, -0.05) is 0 Å². The molecule has 0 bridgehead atoms. The molecule has 0 aliphatic carbocycles. The van der Waals surface area contributed by atoms with Crippen LogP contribution in [-0.4, -0.2) is 20.2 Å². The van der Waals surface area contributed by atoms with E-state index in [9.17, 15) is 8.78 Å². The molecule has 1 aliphatic rings. The lowest BCUT2D eigenvalue weighted by Gasteiger charge is -2.24. The van der Waals surface area contributed by atoms with Crippen LogP contribution in [0.1, 0.15) is 18.4 Å². The highest BCUT2D eigenvalue weighted by Gasteiger charge is 2.22. The van der Waals surface area contributed by atoms with Crippen LogP contribution in [0.2, 0.25) is 0 Å². The van der Waals surface area contributed by atoms with Crippen LogP contribution in [0.25, 0.3) is 0 Å². The second kappa shape index (κ2) is 5.97. The minimum atomic E-state index is -0.827. The molecule has 1 N–H and O–H groups in total. The van der Waals surface area contributed by atoms with E-state index in [1.165, 1.54) is 7.11 Å². The number of benzene rings is 1. The second-order valence-electron chi connectivity index (χ2n) is 4.56. The molecule has 0 radical (unpaired) electrons. The van der Waals surface area contributed by atoms with E-state index in [4.69, 9.17) is 4.74 Å². The molecule has 1 aromatic rings. The summed E-state index contributed by atoms with van der Waals surface area (Å²) in [6, 6.07) is 1.11. The maximum Gasteiger partial charge on any atom is 0.165 e. The first-order valence-corrected chi connectivity index (χ1v) is 6.84. The van der Waals surface area contributed by atoms with Gasteiger partial charge in [-0.3, -0.25) is 0 Å². The summed E-state index contributed by atoms with van der Waals surface area (Å²) in [5, 5.41) is 3.26. The van der Waals surface area contributed by atoms with Crippen molar-refractivity contribution in [2.24, 2.45) is 5.92 Å². The number of hydrogen-bond acceptors (Lipinski definition) is 2. The topological polar surface area (TPSA) is 21.3 Å². The zero-order valence-electron chi connectivity index (χ0n) is 10.2. The first-order valence-electron chi connectivity index (χ1n) is 6.04. The van der Waals surface area contributed by atoms with Gasteiger partial charge in [-0.05, 0) is 60.3 Å². The minimum Gasteiger partial charge on any atom is -0.495 e. The van der Waals surface area contributed by atoms with Crippen LogP contribution in [0.3, 0.4) is 0 Å². The van der Waals surface area contributed by atoms with Crippen LogP contribution in [0, 0.1) is 17.6 Å². The fraction of sp³-hybridized carbons (Fsp3) is 0.538. The van der Waals surface area contributed by atoms with Crippen molar-refractivity contribution in [2.45, 2.75) is 19.3 Å². The van der Waals surface area contributed by atoms with Gasteiger partial charge in [-0.25, -0.2) is 8.78 Å². The van der Waals surface area contributed by atoms with Gasteiger partial charge in [0, 0.05) is 5.56 Å². The van der Waals surface area contributed by atoms with E-state index in [1.54, 1.807) is 0 Å². The molecule has 0 spiro atoms. The van der Waals surface area contributed by atoms with Crippen molar-refractivity contribution in [3.05, 3.63) is 27.7 Å². The van der Waals surface area contributed by atoms with Crippen LogP contribution in [-0.2, 0) is 6.42 Å². The number of halogens is 3. The first kappa shape index (κ1) is 13.7. The zero-order chi connectivity index (χ0) is 13.1. The lowest BCUT2D eigenvalue weighted by atomic mass is 9.90. The van der Waals surface area contributed by atoms with E-state index < -0.39 is 11.6 Å². The lowest BCUT2D eigenvalue weighted by molar-refractivity contribution is 0.349. The molecule has 2 rings (SSSR count). The molecule has 1 heterocycles. The maximum absolute atomic E-state index is 13.9. The van der Waals surface area contributed by atoms with Crippen molar-refractivity contribution < 1.29 is 13.5 Å². The highest BCUT2D eigenvalue weighted by Crippen LogP contribution is 2.35. The highest BCUT2D eigenvalue weighted by atomic mass is 79.9. The summed E-state index contributed by atoms with van der Waals surface area (Å²) >= 11 is 3.21. The van der Waals surface area contributed by atoms with Gasteiger partial charge in [0.15, 0.2) is 11.6 Å². The molecule has 0 amide bonds. The van der Waals surface area contributed by atoms with E-state index in [0.29, 0.717) is 28.1 Å². The van der Waals surface area contributed by atoms with Gasteiger partial charge in [-0.15, -0.1) is 0 Å². The molecule has 1 saturated heterocycles. The fourth-order valence-electron chi connectivity index (χ4n) is 2.41. The van der Waals surface area contributed by atoms with Crippen LogP contribution in [0.4, 0.5) is 8.78 Å². The average molecular weight is 320 g/mol. The van der Waals surface area contributed by atoms with Crippen LogP contribution in [0.15, 0.2) is 10.5 Å². The molecule has 0 atom stereocenters. The van der Waals surface area contributed by atoms with Gasteiger partial charge in [0.25, 0.3) is 0 Å². The molecule has 5 heteroatoms. The third kappa shape index (κ3) is 2.83. The van der Waals surface area contributed by atoms with Crippen LogP contribution >= 0.6 is 15.9 Å². The van der Waals surface area contributed by atoms with Gasteiger partial charge in [-0.2, -0.15) is 0 Å². The standard InChI is InChI=1S/C13H16BrF2NO/c1-18-13-9(6-8-2-4-17-5-3-8)12(16)11(15)7-10(13)14/h7-8,17H,2-6H2,1H3. The highest BCUT2D eigenvalue weighted by molar-refractivity contribution is 9.10. The van der Waals surface area contributed by atoms with Crippen molar-refractivity contribution in [3.63, 3.8) is 0 Å². The number of nitrogens with one attached hydrogen (secondary N) is 1. The van der Waals surface area contributed by atoms with Gasteiger partial charge < -0.3 is 10.1 Å². The third-order valence-electron chi connectivity index (χ3n) is 3.37. The largest absolute Gasteiger partial charge is 0.495 e.